The first-order valence-electron chi connectivity index (χ1n) is 6.81. The minimum absolute atomic E-state index is 0.330. The standard InChI is InChI=1S/C13H22N4O/c1-8(2)17-13(12(14)9(3)15-17)16-6-10-4-5-11(7-16)18-10/h8,10-11H,4-7,14H2,1-3H3. The molecular formula is C13H22N4O. The van der Waals surface area contributed by atoms with Crippen molar-refractivity contribution in [3.05, 3.63) is 5.69 Å². The number of anilines is 2. The number of morpholine rings is 1. The summed E-state index contributed by atoms with van der Waals surface area (Å²) in [6.45, 7) is 8.15. The fourth-order valence-electron chi connectivity index (χ4n) is 3.01. The number of rotatable bonds is 2. The number of aromatic nitrogens is 2. The second-order valence-corrected chi connectivity index (χ2v) is 5.72. The predicted octanol–water partition coefficient (Wildman–Crippen LogP) is 1.72. The van der Waals surface area contributed by atoms with Crippen molar-refractivity contribution in [3.8, 4) is 0 Å². The zero-order valence-corrected chi connectivity index (χ0v) is 11.4. The maximum atomic E-state index is 6.22. The van der Waals surface area contributed by atoms with Crippen LogP contribution in [0.4, 0.5) is 11.5 Å². The highest BCUT2D eigenvalue weighted by atomic mass is 16.5. The van der Waals surface area contributed by atoms with Gasteiger partial charge in [-0.15, -0.1) is 0 Å². The van der Waals surface area contributed by atoms with E-state index in [0.717, 1.165) is 30.3 Å². The van der Waals surface area contributed by atoms with E-state index in [1.807, 2.05) is 6.92 Å². The number of nitrogens with two attached hydrogens (primary N) is 1. The average molecular weight is 250 g/mol. The van der Waals surface area contributed by atoms with Crippen LogP contribution < -0.4 is 10.6 Å². The number of ether oxygens (including phenoxy) is 1. The summed E-state index contributed by atoms with van der Waals surface area (Å²) in [6.07, 6.45) is 3.10. The molecule has 3 heterocycles. The number of hydrogen-bond acceptors (Lipinski definition) is 4. The smallest absolute Gasteiger partial charge is 0.151 e. The van der Waals surface area contributed by atoms with Crippen LogP contribution in [0.5, 0.6) is 0 Å². The van der Waals surface area contributed by atoms with Gasteiger partial charge in [-0.05, 0) is 33.6 Å². The Labute approximate surface area is 108 Å². The number of hydrogen-bond donors (Lipinski definition) is 1. The van der Waals surface area contributed by atoms with Gasteiger partial charge in [0, 0.05) is 19.1 Å². The van der Waals surface area contributed by atoms with Crippen molar-refractivity contribution in [2.75, 3.05) is 23.7 Å². The lowest BCUT2D eigenvalue weighted by Gasteiger charge is -2.34. The molecule has 2 atom stereocenters. The van der Waals surface area contributed by atoms with Crippen LogP contribution in [0.15, 0.2) is 0 Å². The Morgan fingerprint density at radius 2 is 1.89 bits per heavy atom. The molecule has 5 heteroatoms. The Bertz CT molecular complexity index is 442. The number of fused-ring (bicyclic) bond motifs is 2. The molecule has 100 valence electrons. The average Bonchev–Trinajstić information content (AvgIpc) is 2.81. The van der Waals surface area contributed by atoms with Gasteiger partial charge in [-0.1, -0.05) is 0 Å². The monoisotopic (exact) mass is 250 g/mol. The van der Waals surface area contributed by atoms with Gasteiger partial charge in [-0.25, -0.2) is 4.68 Å². The minimum Gasteiger partial charge on any atom is -0.394 e. The molecule has 0 saturated carbocycles. The normalized spacial score (nSPS) is 27.2. The fourth-order valence-corrected chi connectivity index (χ4v) is 3.01. The molecule has 2 aliphatic rings. The van der Waals surface area contributed by atoms with E-state index in [4.69, 9.17) is 10.5 Å². The van der Waals surface area contributed by atoms with E-state index in [-0.39, 0.29) is 0 Å². The molecule has 2 unspecified atom stereocenters. The highest BCUT2D eigenvalue weighted by molar-refractivity contribution is 5.66. The molecule has 0 aliphatic carbocycles. The molecule has 0 amide bonds. The third-order valence-electron chi connectivity index (χ3n) is 3.94. The first-order chi connectivity index (χ1) is 8.56. The zero-order valence-electron chi connectivity index (χ0n) is 11.4. The van der Waals surface area contributed by atoms with Gasteiger partial charge >= 0.3 is 0 Å². The van der Waals surface area contributed by atoms with Crippen LogP contribution in [0.2, 0.25) is 0 Å². The van der Waals surface area contributed by atoms with E-state index in [1.165, 1.54) is 12.8 Å². The third kappa shape index (κ3) is 1.77. The molecule has 0 aromatic carbocycles. The lowest BCUT2D eigenvalue weighted by molar-refractivity contribution is 0.0299. The molecule has 5 nitrogen and oxygen atoms in total. The molecule has 0 radical (unpaired) electrons. The SMILES string of the molecule is Cc1nn(C(C)C)c(N2CC3CCC(C2)O3)c1N. The van der Waals surface area contributed by atoms with Crippen molar-refractivity contribution < 1.29 is 4.74 Å². The van der Waals surface area contributed by atoms with Gasteiger partial charge in [0.25, 0.3) is 0 Å². The maximum absolute atomic E-state index is 6.22. The molecule has 2 fully saturated rings. The Morgan fingerprint density at radius 3 is 2.44 bits per heavy atom. The summed E-state index contributed by atoms with van der Waals surface area (Å²) >= 11 is 0. The maximum Gasteiger partial charge on any atom is 0.151 e. The van der Waals surface area contributed by atoms with Crippen LogP contribution >= 0.6 is 0 Å². The van der Waals surface area contributed by atoms with Gasteiger partial charge in [0.05, 0.1) is 23.6 Å². The summed E-state index contributed by atoms with van der Waals surface area (Å²) < 4.78 is 7.93. The van der Waals surface area contributed by atoms with Crippen molar-refractivity contribution in [1.29, 1.82) is 0 Å². The van der Waals surface area contributed by atoms with Crippen molar-refractivity contribution in [3.63, 3.8) is 0 Å². The van der Waals surface area contributed by atoms with Crippen molar-refractivity contribution in [2.24, 2.45) is 0 Å². The van der Waals surface area contributed by atoms with Gasteiger partial charge in [0.15, 0.2) is 5.82 Å². The molecule has 0 spiro atoms. The third-order valence-corrected chi connectivity index (χ3v) is 3.94. The zero-order chi connectivity index (χ0) is 12.9. The van der Waals surface area contributed by atoms with Gasteiger partial charge in [-0.2, -0.15) is 5.10 Å². The van der Waals surface area contributed by atoms with Gasteiger partial charge in [0.2, 0.25) is 0 Å². The second-order valence-electron chi connectivity index (χ2n) is 5.72. The molecule has 1 aromatic heterocycles. The summed E-state index contributed by atoms with van der Waals surface area (Å²) in [5.41, 5.74) is 7.97. The van der Waals surface area contributed by atoms with Crippen molar-refractivity contribution in [1.82, 2.24) is 9.78 Å². The molecular weight excluding hydrogens is 228 g/mol. The summed E-state index contributed by atoms with van der Waals surface area (Å²) in [4.78, 5) is 2.36. The Morgan fingerprint density at radius 1 is 1.28 bits per heavy atom. The molecule has 3 rings (SSSR count). The van der Waals surface area contributed by atoms with Crippen LogP contribution in [-0.2, 0) is 4.74 Å². The van der Waals surface area contributed by atoms with E-state index < -0.39 is 0 Å². The quantitative estimate of drug-likeness (QED) is 0.868. The minimum atomic E-state index is 0.330. The van der Waals surface area contributed by atoms with E-state index in [2.05, 4.69) is 28.5 Å². The van der Waals surface area contributed by atoms with E-state index in [0.29, 0.717) is 18.2 Å². The first-order valence-corrected chi connectivity index (χ1v) is 6.81. The van der Waals surface area contributed by atoms with Gasteiger partial charge in [0.1, 0.15) is 0 Å². The summed E-state index contributed by atoms with van der Waals surface area (Å²) in [7, 11) is 0. The Hall–Kier alpha value is -1.23. The largest absolute Gasteiger partial charge is 0.394 e. The predicted molar refractivity (Wildman–Crippen MR) is 71.9 cm³/mol. The van der Waals surface area contributed by atoms with Crippen LogP contribution in [-0.4, -0.2) is 35.1 Å². The van der Waals surface area contributed by atoms with Crippen molar-refractivity contribution in [2.45, 2.75) is 51.9 Å². The summed E-state index contributed by atoms with van der Waals surface area (Å²) in [5.74, 6) is 1.09. The Kier molecular flexibility index (Phi) is 2.73. The fraction of sp³-hybridized carbons (Fsp3) is 0.769. The highest BCUT2D eigenvalue weighted by Gasteiger charge is 2.36. The van der Waals surface area contributed by atoms with Crippen LogP contribution in [0, 0.1) is 6.92 Å². The molecule has 2 bridgehead atoms. The first kappa shape index (κ1) is 11.8. The summed E-state index contributed by atoms with van der Waals surface area (Å²) in [6, 6.07) is 0.330. The van der Waals surface area contributed by atoms with Crippen LogP contribution in [0.3, 0.4) is 0 Å². The molecule has 2 N–H and O–H groups in total. The lowest BCUT2D eigenvalue weighted by Crippen LogP contribution is -2.44. The van der Waals surface area contributed by atoms with E-state index >= 15 is 0 Å². The highest BCUT2D eigenvalue weighted by Crippen LogP contribution is 2.35. The van der Waals surface area contributed by atoms with E-state index in [1.54, 1.807) is 0 Å². The van der Waals surface area contributed by atoms with Crippen LogP contribution in [0.25, 0.3) is 0 Å². The number of nitrogen functional groups attached to an aromatic ring is 1. The Balaban J connectivity index is 1.96. The summed E-state index contributed by atoms with van der Waals surface area (Å²) in [5, 5.41) is 4.56. The van der Waals surface area contributed by atoms with Gasteiger partial charge in [-0.3, -0.25) is 0 Å². The molecule has 2 aliphatic heterocycles. The molecule has 2 saturated heterocycles. The number of aryl methyl sites for hydroxylation is 1. The number of nitrogens with zero attached hydrogens (tertiary/aromatic N) is 3. The van der Waals surface area contributed by atoms with Crippen molar-refractivity contribution >= 4 is 11.5 Å². The van der Waals surface area contributed by atoms with Crippen LogP contribution in [0.1, 0.15) is 38.4 Å². The topological polar surface area (TPSA) is 56.3 Å². The lowest BCUT2D eigenvalue weighted by atomic mass is 10.2. The van der Waals surface area contributed by atoms with E-state index in [9.17, 15) is 0 Å². The van der Waals surface area contributed by atoms with Gasteiger partial charge < -0.3 is 15.4 Å². The second kappa shape index (κ2) is 4.16. The molecule has 1 aromatic rings. The molecule has 18 heavy (non-hydrogen) atoms.